The van der Waals surface area contributed by atoms with Crippen LogP contribution in [-0.2, 0) is 13.5 Å². The van der Waals surface area contributed by atoms with Gasteiger partial charge in [0.1, 0.15) is 0 Å². The van der Waals surface area contributed by atoms with Crippen molar-refractivity contribution in [2.75, 3.05) is 0 Å². The van der Waals surface area contributed by atoms with E-state index < -0.39 is 0 Å². The maximum absolute atomic E-state index is 12.6. The number of aryl methyl sites for hydroxylation is 2. The Kier molecular flexibility index (Phi) is 3.63. The molecule has 2 aliphatic carbocycles. The molecule has 0 saturated heterocycles. The minimum absolute atomic E-state index is 0.0193. The number of fused-ring (bicyclic) bond motifs is 1. The van der Waals surface area contributed by atoms with Crippen LogP contribution in [-0.4, -0.2) is 25.8 Å². The lowest BCUT2D eigenvalue weighted by Crippen LogP contribution is -2.27. The lowest BCUT2D eigenvalue weighted by atomic mass is 10.0. The fraction of sp³-hybridized carbons (Fsp3) is 0.400. The smallest absolute Gasteiger partial charge is 0.257 e. The zero-order valence-electron chi connectivity index (χ0n) is 15.4. The van der Waals surface area contributed by atoms with Crippen LogP contribution in [0.1, 0.15) is 64.2 Å². The summed E-state index contributed by atoms with van der Waals surface area (Å²) in [5.74, 6) is 1.81. The highest BCUT2D eigenvalue weighted by atomic mass is 16.5. The second kappa shape index (κ2) is 6.04. The van der Waals surface area contributed by atoms with E-state index in [1.807, 2.05) is 20.0 Å². The molecule has 0 aliphatic heterocycles. The van der Waals surface area contributed by atoms with Crippen molar-refractivity contribution in [3.63, 3.8) is 0 Å². The lowest BCUT2D eigenvalue weighted by molar-refractivity contribution is 0.0936. The number of nitrogens with one attached hydrogen (secondary N) is 1. The molecular weight excluding hydrogens is 342 g/mol. The number of rotatable bonds is 4. The third-order valence-corrected chi connectivity index (χ3v) is 5.64. The molecule has 2 aromatic heterocycles. The van der Waals surface area contributed by atoms with Crippen molar-refractivity contribution in [2.24, 2.45) is 7.05 Å². The van der Waals surface area contributed by atoms with Gasteiger partial charge in [-0.25, -0.2) is 0 Å². The number of benzene rings is 1. The Hall–Kier alpha value is -2.96. The van der Waals surface area contributed by atoms with Gasteiger partial charge >= 0.3 is 0 Å². The number of carbonyl (C=O) groups excluding carboxylic acids is 1. The Morgan fingerprint density at radius 2 is 2.15 bits per heavy atom. The first-order valence-corrected chi connectivity index (χ1v) is 9.36. The van der Waals surface area contributed by atoms with Crippen LogP contribution in [0.15, 0.2) is 28.9 Å². The molecule has 2 aliphatic rings. The molecule has 1 saturated carbocycles. The van der Waals surface area contributed by atoms with Crippen molar-refractivity contribution >= 4 is 5.91 Å². The molecule has 1 N–H and O–H groups in total. The van der Waals surface area contributed by atoms with Crippen LogP contribution in [0.3, 0.4) is 0 Å². The topological polar surface area (TPSA) is 85.8 Å². The molecule has 0 radical (unpaired) electrons. The Labute approximate surface area is 156 Å². The summed E-state index contributed by atoms with van der Waals surface area (Å²) in [4.78, 5) is 17.1. The third kappa shape index (κ3) is 2.83. The van der Waals surface area contributed by atoms with E-state index in [0.717, 1.165) is 48.3 Å². The molecule has 5 rings (SSSR count). The maximum atomic E-state index is 12.6. The second-order valence-corrected chi connectivity index (χ2v) is 7.48. The van der Waals surface area contributed by atoms with E-state index in [1.54, 1.807) is 10.9 Å². The monoisotopic (exact) mass is 363 g/mol. The van der Waals surface area contributed by atoms with Crippen molar-refractivity contribution in [3.8, 4) is 11.5 Å². The van der Waals surface area contributed by atoms with Gasteiger partial charge in [-0.3, -0.25) is 9.48 Å². The molecule has 7 heteroatoms. The SMILES string of the molecule is Cc1c(C(=O)NC2CCc3cc(-c4nc(C5CC5)no4)ccc32)cnn1C. The Morgan fingerprint density at radius 3 is 2.89 bits per heavy atom. The Balaban J connectivity index is 1.36. The fourth-order valence-corrected chi connectivity index (χ4v) is 3.72. The summed E-state index contributed by atoms with van der Waals surface area (Å²) in [6.45, 7) is 1.90. The molecule has 138 valence electrons. The highest BCUT2D eigenvalue weighted by molar-refractivity contribution is 5.95. The number of hydrogen-bond donors (Lipinski definition) is 1. The van der Waals surface area contributed by atoms with Gasteiger partial charge in [-0.1, -0.05) is 11.2 Å². The summed E-state index contributed by atoms with van der Waals surface area (Å²) in [6, 6.07) is 6.20. The molecule has 3 aromatic rings. The minimum Gasteiger partial charge on any atom is -0.345 e. The van der Waals surface area contributed by atoms with Gasteiger partial charge in [-0.15, -0.1) is 0 Å². The number of nitrogens with zero attached hydrogens (tertiary/aromatic N) is 4. The van der Waals surface area contributed by atoms with E-state index in [9.17, 15) is 4.79 Å². The van der Waals surface area contributed by atoms with Crippen LogP contribution in [0, 0.1) is 6.92 Å². The normalized spacial score (nSPS) is 18.5. The molecule has 1 amide bonds. The summed E-state index contributed by atoms with van der Waals surface area (Å²) < 4.78 is 7.15. The summed E-state index contributed by atoms with van der Waals surface area (Å²) in [5.41, 5.74) is 4.83. The van der Waals surface area contributed by atoms with Gasteiger partial charge in [0.05, 0.1) is 17.8 Å². The largest absolute Gasteiger partial charge is 0.345 e. The van der Waals surface area contributed by atoms with Gasteiger partial charge < -0.3 is 9.84 Å². The van der Waals surface area contributed by atoms with Crippen LogP contribution in [0.5, 0.6) is 0 Å². The highest BCUT2D eigenvalue weighted by Gasteiger charge is 2.30. The first-order chi connectivity index (χ1) is 13.1. The molecule has 1 fully saturated rings. The van der Waals surface area contributed by atoms with Crippen molar-refractivity contribution in [1.82, 2.24) is 25.2 Å². The number of carbonyl (C=O) groups is 1. The van der Waals surface area contributed by atoms with Crippen molar-refractivity contribution in [3.05, 3.63) is 52.6 Å². The molecule has 1 unspecified atom stereocenters. The minimum atomic E-state index is -0.0755. The van der Waals surface area contributed by atoms with Crippen LogP contribution in [0.4, 0.5) is 0 Å². The summed E-state index contributed by atoms with van der Waals surface area (Å²) in [7, 11) is 1.84. The van der Waals surface area contributed by atoms with E-state index in [-0.39, 0.29) is 11.9 Å². The molecular formula is C20H21N5O2. The van der Waals surface area contributed by atoms with E-state index in [0.29, 0.717) is 17.4 Å². The van der Waals surface area contributed by atoms with E-state index in [1.165, 1.54) is 5.56 Å². The quantitative estimate of drug-likeness (QED) is 0.770. The van der Waals surface area contributed by atoms with E-state index in [4.69, 9.17) is 4.52 Å². The van der Waals surface area contributed by atoms with Crippen molar-refractivity contribution < 1.29 is 9.32 Å². The summed E-state index contributed by atoms with van der Waals surface area (Å²) >= 11 is 0. The summed E-state index contributed by atoms with van der Waals surface area (Å²) in [5, 5.41) is 11.4. The molecule has 0 spiro atoms. The molecule has 1 atom stereocenters. The molecule has 2 heterocycles. The van der Waals surface area contributed by atoms with Crippen LogP contribution in [0.25, 0.3) is 11.5 Å². The average molecular weight is 363 g/mol. The number of aromatic nitrogens is 4. The lowest BCUT2D eigenvalue weighted by Gasteiger charge is -2.14. The van der Waals surface area contributed by atoms with E-state index >= 15 is 0 Å². The second-order valence-electron chi connectivity index (χ2n) is 7.48. The molecule has 7 nitrogen and oxygen atoms in total. The van der Waals surface area contributed by atoms with Crippen molar-refractivity contribution in [1.29, 1.82) is 0 Å². The predicted octanol–water partition coefficient (Wildman–Crippen LogP) is 3.07. The molecule has 0 bridgehead atoms. The van der Waals surface area contributed by atoms with Gasteiger partial charge in [-0.2, -0.15) is 10.1 Å². The summed E-state index contributed by atoms with van der Waals surface area (Å²) in [6.07, 6.45) is 5.74. The van der Waals surface area contributed by atoms with Gasteiger partial charge in [0.2, 0.25) is 0 Å². The first-order valence-electron chi connectivity index (χ1n) is 9.36. The standard InChI is InChI=1S/C20H21N5O2/c1-11-16(10-21-25(11)2)19(26)22-17-8-6-13-9-14(5-7-15(13)17)20-23-18(24-27-20)12-3-4-12/h5,7,9-10,12,17H,3-4,6,8H2,1-2H3,(H,22,26). The van der Waals surface area contributed by atoms with Crippen LogP contribution in [0.2, 0.25) is 0 Å². The fourth-order valence-electron chi connectivity index (χ4n) is 3.72. The third-order valence-electron chi connectivity index (χ3n) is 5.64. The number of hydrogen-bond acceptors (Lipinski definition) is 5. The Bertz CT molecular complexity index is 1030. The average Bonchev–Trinajstić information content (AvgIpc) is 3.11. The number of amides is 1. The van der Waals surface area contributed by atoms with E-state index in [2.05, 4.69) is 32.7 Å². The molecule has 1 aromatic carbocycles. The van der Waals surface area contributed by atoms with Gasteiger partial charge in [0, 0.05) is 24.2 Å². The Morgan fingerprint density at radius 1 is 1.30 bits per heavy atom. The molecule has 27 heavy (non-hydrogen) atoms. The first kappa shape index (κ1) is 16.2. The maximum Gasteiger partial charge on any atom is 0.257 e. The zero-order valence-corrected chi connectivity index (χ0v) is 15.4. The van der Waals surface area contributed by atoms with Gasteiger partial charge in [0.15, 0.2) is 5.82 Å². The van der Waals surface area contributed by atoms with Crippen LogP contribution >= 0.6 is 0 Å². The van der Waals surface area contributed by atoms with Crippen LogP contribution < -0.4 is 5.32 Å². The zero-order chi connectivity index (χ0) is 18.5. The van der Waals surface area contributed by atoms with Crippen molar-refractivity contribution in [2.45, 2.75) is 44.6 Å². The highest BCUT2D eigenvalue weighted by Crippen LogP contribution is 2.39. The predicted molar refractivity (Wildman–Crippen MR) is 98.2 cm³/mol. The van der Waals surface area contributed by atoms with Gasteiger partial charge in [0.25, 0.3) is 11.8 Å². The van der Waals surface area contributed by atoms with Gasteiger partial charge in [-0.05, 0) is 55.9 Å².